The molecule has 0 aliphatic carbocycles. The van der Waals surface area contributed by atoms with Crippen molar-refractivity contribution in [3.05, 3.63) is 35.9 Å². The van der Waals surface area contributed by atoms with Gasteiger partial charge in [-0.1, -0.05) is 37.3 Å². The summed E-state index contributed by atoms with van der Waals surface area (Å²) in [5.74, 6) is -3.10. The Morgan fingerprint density at radius 1 is 1.31 bits per heavy atom. The lowest BCUT2D eigenvalue weighted by Gasteiger charge is -2.15. The minimum absolute atomic E-state index is 0.0181. The van der Waals surface area contributed by atoms with E-state index in [2.05, 4.69) is 4.74 Å². The molecule has 0 saturated heterocycles. The highest BCUT2D eigenvalue weighted by Crippen LogP contribution is 2.19. The van der Waals surface area contributed by atoms with Gasteiger partial charge in [0.1, 0.15) is 0 Å². The predicted molar refractivity (Wildman–Crippen MR) is 55.4 cm³/mol. The molecule has 0 aromatic heterocycles. The van der Waals surface area contributed by atoms with Gasteiger partial charge in [0, 0.05) is 5.92 Å². The van der Waals surface area contributed by atoms with Crippen LogP contribution < -0.4 is 5.11 Å². The SMILES string of the molecule is CCC(COC(=O)C(=O)[O-])c1ccccc1. The number of carboxylic acid groups (broad SMARTS) is 1. The zero-order chi connectivity index (χ0) is 12.0. The molecule has 0 aliphatic rings. The van der Waals surface area contributed by atoms with Crippen molar-refractivity contribution in [2.75, 3.05) is 6.61 Å². The van der Waals surface area contributed by atoms with Crippen LogP contribution in [0.15, 0.2) is 30.3 Å². The van der Waals surface area contributed by atoms with E-state index in [4.69, 9.17) is 0 Å². The molecular formula is C12H13O4-. The number of carbonyl (C=O) groups is 2. The second kappa shape index (κ2) is 5.90. The lowest BCUT2D eigenvalue weighted by molar-refractivity contribution is -0.303. The van der Waals surface area contributed by atoms with Crippen LogP contribution in [0.5, 0.6) is 0 Å². The van der Waals surface area contributed by atoms with Crippen LogP contribution in [-0.2, 0) is 14.3 Å². The van der Waals surface area contributed by atoms with E-state index < -0.39 is 11.9 Å². The Balaban J connectivity index is 2.57. The number of rotatable bonds is 4. The Hall–Kier alpha value is -1.84. The van der Waals surface area contributed by atoms with Crippen LogP contribution >= 0.6 is 0 Å². The molecule has 1 unspecified atom stereocenters. The third kappa shape index (κ3) is 3.38. The van der Waals surface area contributed by atoms with Crippen LogP contribution in [-0.4, -0.2) is 18.5 Å². The molecule has 0 aliphatic heterocycles. The maximum Gasteiger partial charge on any atom is 0.354 e. The van der Waals surface area contributed by atoms with E-state index in [0.717, 1.165) is 12.0 Å². The van der Waals surface area contributed by atoms with E-state index in [9.17, 15) is 14.7 Å². The number of ether oxygens (including phenoxy) is 1. The van der Waals surface area contributed by atoms with Crippen molar-refractivity contribution in [2.45, 2.75) is 19.3 Å². The normalized spacial score (nSPS) is 11.8. The molecule has 0 fully saturated rings. The van der Waals surface area contributed by atoms with Crippen molar-refractivity contribution in [2.24, 2.45) is 0 Å². The van der Waals surface area contributed by atoms with E-state index in [0.29, 0.717) is 0 Å². The summed E-state index contributed by atoms with van der Waals surface area (Å²) in [7, 11) is 0. The second-order valence-corrected chi connectivity index (χ2v) is 3.40. The molecule has 4 nitrogen and oxygen atoms in total. The standard InChI is InChI=1S/C12H14O4/c1-2-9(8-16-12(15)11(13)14)10-6-4-3-5-7-10/h3-7,9H,2,8H2,1H3,(H,13,14)/p-1. The summed E-state index contributed by atoms with van der Waals surface area (Å²) in [6, 6.07) is 9.50. The summed E-state index contributed by atoms with van der Waals surface area (Å²) in [5, 5.41) is 10.2. The van der Waals surface area contributed by atoms with Crippen LogP contribution in [0, 0.1) is 0 Å². The largest absolute Gasteiger partial charge is 0.539 e. The van der Waals surface area contributed by atoms with Crippen molar-refractivity contribution >= 4 is 11.9 Å². The van der Waals surface area contributed by atoms with Crippen LogP contribution in [0.2, 0.25) is 0 Å². The average molecular weight is 221 g/mol. The van der Waals surface area contributed by atoms with Crippen molar-refractivity contribution in [1.29, 1.82) is 0 Å². The van der Waals surface area contributed by atoms with E-state index in [-0.39, 0.29) is 12.5 Å². The number of hydrogen-bond acceptors (Lipinski definition) is 4. The zero-order valence-corrected chi connectivity index (χ0v) is 9.01. The maximum atomic E-state index is 10.7. The topological polar surface area (TPSA) is 66.4 Å². The van der Waals surface area contributed by atoms with E-state index in [1.54, 1.807) is 0 Å². The number of hydrogen-bond donors (Lipinski definition) is 0. The van der Waals surface area contributed by atoms with Gasteiger partial charge in [0.15, 0.2) is 5.97 Å². The van der Waals surface area contributed by atoms with Gasteiger partial charge in [0.2, 0.25) is 0 Å². The van der Waals surface area contributed by atoms with Gasteiger partial charge in [-0.3, -0.25) is 0 Å². The highest BCUT2D eigenvalue weighted by Gasteiger charge is 2.12. The fourth-order valence-electron chi connectivity index (χ4n) is 1.41. The molecular weight excluding hydrogens is 208 g/mol. The third-order valence-electron chi connectivity index (χ3n) is 2.35. The molecule has 0 saturated carbocycles. The van der Waals surface area contributed by atoms with Gasteiger partial charge < -0.3 is 14.6 Å². The monoisotopic (exact) mass is 221 g/mol. The molecule has 0 N–H and O–H groups in total. The van der Waals surface area contributed by atoms with Gasteiger partial charge in [-0.15, -0.1) is 0 Å². The van der Waals surface area contributed by atoms with Crippen LogP contribution in [0.4, 0.5) is 0 Å². The van der Waals surface area contributed by atoms with Crippen molar-refractivity contribution < 1.29 is 19.4 Å². The van der Waals surface area contributed by atoms with Crippen LogP contribution in [0.3, 0.4) is 0 Å². The van der Waals surface area contributed by atoms with Gasteiger partial charge >= 0.3 is 5.97 Å². The molecule has 0 amide bonds. The molecule has 1 rings (SSSR count). The average Bonchev–Trinajstić information content (AvgIpc) is 2.30. The van der Waals surface area contributed by atoms with Crippen LogP contribution in [0.25, 0.3) is 0 Å². The number of carboxylic acids is 1. The molecule has 0 heterocycles. The smallest absolute Gasteiger partial charge is 0.354 e. The zero-order valence-electron chi connectivity index (χ0n) is 9.01. The second-order valence-electron chi connectivity index (χ2n) is 3.40. The Kier molecular flexibility index (Phi) is 4.51. The van der Waals surface area contributed by atoms with Gasteiger partial charge in [-0.25, -0.2) is 4.79 Å². The minimum atomic E-state index is -1.80. The first-order valence-corrected chi connectivity index (χ1v) is 5.08. The fourth-order valence-corrected chi connectivity index (χ4v) is 1.41. The quantitative estimate of drug-likeness (QED) is 0.547. The van der Waals surface area contributed by atoms with Crippen molar-refractivity contribution in [1.82, 2.24) is 0 Å². The summed E-state index contributed by atoms with van der Waals surface area (Å²) < 4.78 is 4.61. The van der Waals surface area contributed by atoms with E-state index >= 15 is 0 Å². The summed E-state index contributed by atoms with van der Waals surface area (Å²) in [6.45, 7) is 2.01. The highest BCUT2D eigenvalue weighted by atomic mass is 16.6. The van der Waals surface area contributed by atoms with E-state index in [1.807, 2.05) is 37.3 Å². The van der Waals surface area contributed by atoms with Gasteiger partial charge in [-0.2, -0.15) is 0 Å². The Morgan fingerprint density at radius 3 is 2.44 bits per heavy atom. The lowest BCUT2D eigenvalue weighted by atomic mass is 9.98. The van der Waals surface area contributed by atoms with Crippen molar-refractivity contribution in [3.8, 4) is 0 Å². The van der Waals surface area contributed by atoms with Gasteiger partial charge in [-0.05, 0) is 12.0 Å². The van der Waals surface area contributed by atoms with Gasteiger partial charge in [0.25, 0.3) is 0 Å². The first-order chi connectivity index (χ1) is 7.65. The fraction of sp³-hybridized carbons (Fsp3) is 0.333. The summed E-state index contributed by atoms with van der Waals surface area (Å²) in [6.07, 6.45) is 0.768. The molecule has 86 valence electrons. The van der Waals surface area contributed by atoms with Crippen molar-refractivity contribution in [3.63, 3.8) is 0 Å². The first kappa shape index (κ1) is 12.2. The molecule has 4 heteroatoms. The summed E-state index contributed by atoms with van der Waals surface area (Å²) in [4.78, 5) is 20.9. The molecule has 1 atom stereocenters. The minimum Gasteiger partial charge on any atom is -0.539 e. The molecule has 0 spiro atoms. The molecule has 16 heavy (non-hydrogen) atoms. The third-order valence-corrected chi connectivity index (χ3v) is 2.35. The molecule has 0 bridgehead atoms. The molecule has 0 radical (unpaired) electrons. The molecule has 1 aromatic carbocycles. The maximum absolute atomic E-state index is 10.7. The number of aliphatic carboxylic acids is 1. The molecule has 1 aromatic rings. The first-order valence-electron chi connectivity index (χ1n) is 5.08. The highest BCUT2D eigenvalue weighted by molar-refractivity contribution is 6.27. The summed E-state index contributed by atoms with van der Waals surface area (Å²) in [5.41, 5.74) is 1.02. The Labute approximate surface area is 93.9 Å². The van der Waals surface area contributed by atoms with Gasteiger partial charge in [0.05, 0.1) is 6.61 Å². The number of benzene rings is 1. The Morgan fingerprint density at radius 2 is 1.94 bits per heavy atom. The summed E-state index contributed by atoms with van der Waals surface area (Å²) >= 11 is 0. The van der Waals surface area contributed by atoms with E-state index in [1.165, 1.54) is 0 Å². The lowest BCUT2D eigenvalue weighted by Crippen LogP contribution is -2.34. The van der Waals surface area contributed by atoms with Crippen LogP contribution in [0.1, 0.15) is 24.8 Å². The Bertz CT molecular complexity index is 359. The number of carbonyl (C=O) groups excluding carboxylic acids is 2. The number of esters is 1. The predicted octanol–water partition coefficient (Wildman–Crippen LogP) is 0.473.